The van der Waals surface area contributed by atoms with Crippen LogP contribution in [-0.2, 0) is 27.4 Å². The van der Waals surface area contributed by atoms with Crippen LogP contribution in [0.3, 0.4) is 0 Å². The molecule has 3 aromatic carbocycles. The minimum absolute atomic E-state index is 0.0515. The van der Waals surface area contributed by atoms with E-state index in [-0.39, 0.29) is 37.8 Å². The van der Waals surface area contributed by atoms with Crippen molar-refractivity contribution >= 4 is 22.8 Å². The highest BCUT2D eigenvalue weighted by atomic mass is 16.7. The maximum Gasteiger partial charge on any atom is 0.247 e. The van der Waals surface area contributed by atoms with Gasteiger partial charge >= 0.3 is 0 Å². The molecule has 41 heavy (non-hydrogen) atoms. The zero-order chi connectivity index (χ0) is 28.2. The van der Waals surface area contributed by atoms with Crippen molar-refractivity contribution in [1.82, 2.24) is 25.2 Å². The Balaban J connectivity index is 1.37. The Labute approximate surface area is 236 Å². The maximum absolute atomic E-state index is 14.2. The summed E-state index contributed by atoms with van der Waals surface area (Å²) in [6.45, 7) is 1.21. The molecule has 1 aromatic heterocycles. The fourth-order valence-corrected chi connectivity index (χ4v) is 5.21. The molecular formula is C30H31N5O6. The molecule has 11 heteroatoms. The predicted octanol–water partition coefficient (Wildman–Crippen LogP) is 3.23. The quantitative estimate of drug-likeness (QED) is 0.316. The van der Waals surface area contributed by atoms with Crippen molar-refractivity contribution in [2.75, 3.05) is 27.1 Å². The van der Waals surface area contributed by atoms with Crippen LogP contribution in [0, 0.1) is 0 Å². The molecule has 1 saturated heterocycles. The van der Waals surface area contributed by atoms with Gasteiger partial charge in [-0.1, -0.05) is 35.5 Å². The first-order chi connectivity index (χ1) is 20.1. The number of fused-ring (bicyclic) bond motifs is 2. The fourth-order valence-electron chi connectivity index (χ4n) is 5.21. The summed E-state index contributed by atoms with van der Waals surface area (Å²) in [5, 5.41) is 11.4. The van der Waals surface area contributed by atoms with Crippen molar-refractivity contribution in [3.63, 3.8) is 0 Å². The third-order valence-electron chi connectivity index (χ3n) is 7.31. The van der Waals surface area contributed by atoms with Gasteiger partial charge in [-0.3, -0.25) is 9.59 Å². The van der Waals surface area contributed by atoms with E-state index in [1.165, 1.54) is 0 Å². The SMILES string of the molecule is COc1cccc([C@H](C(=O)NC[C@@H]2CCCO2)N(Cc2ccc3c(c2)OCO3)C(=O)Cn2nnc3ccccc32)c1. The number of hydrogen-bond acceptors (Lipinski definition) is 8. The minimum atomic E-state index is -0.959. The van der Waals surface area contributed by atoms with Gasteiger partial charge in [-0.25, -0.2) is 4.68 Å². The lowest BCUT2D eigenvalue weighted by atomic mass is 10.0. The van der Waals surface area contributed by atoms with Crippen LogP contribution in [0.15, 0.2) is 66.7 Å². The number of para-hydroxylation sites is 1. The van der Waals surface area contributed by atoms with Gasteiger partial charge in [0.15, 0.2) is 11.5 Å². The lowest BCUT2D eigenvalue weighted by molar-refractivity contribution is -0.142. The molecule has 1 fully saturated rings. The molecule has 2 aliphatic heterocycles. The average molecular weight is 558 g/mol. The Morgan fingerprint density at radius 3 is 2.83 bits per heavy atom. The molecule has 1 N–H and O–H groups in total. The second kappa shape index (κ2) is 11.8. The van der Waals surface area contributed by atoms with Crippen LogP contribution in [0.25, 0.3) is 11.0 Å². The first-order valence-electron chi connectivity index (χ1n) is 13.6. The van der Waals surface area contributed by atoms with Crippen molar-refractivity contribution in [3.8, 4) is 17.2 Å². The van der Waals surface area contributed by atoms with E-state index in [4.69, 9.17) is 18.9 Å². The van der Waals surface area contributed by atoms with Crippen LogP contribution in [0.1, 0.15) is 30.0 Å². The molecule has 11 nitrogen and oxygen atoms in total. The minimum Gasteiger partial charge on any atom is -0.497 e. The molecule has 3 heterocycles. The summed E-state index contributed by atoms with van der Waals surface area (Å²) in [6.07, 6.45) is 1.79. The van der Waals surface area contributed by atoms with Crippen LogP contribution in [0.4, 0.5) is 0 Å². The van der Waals surface area contributed by atoms with E-state index in [0.717, 1.165) is 23.9 Å². The Morgan fingerprint density at radius 2 is 1.98 bits per heavy atom. The first kappa shape index (κ1) is 26.6. The second-order valence-corrected chi connectivity index (χ2v) is 10.0. The smallest absolute Gasteiger partial charge is 0.247 e. The van der Waals surface area contributed by atoms with Crippen molar-refractivity contribution in [3.05, 3.63) is 77.9 Å². The van der Waals surface area contributed by atoms with Crippen molar-refractivity contribution in [2.24, 2.45) is 0 Å². The zero-order valence-corrected chi connectivity index (χ0v) is 22.7. The number of hydrogen-bond donors (Lipinski definition) is 1. The lowest BCUT2D eigenvalue weighted by Gasteiger charge is -2.32. The van der Waals surface area contributed by atoms with Gasteiger partial charge in [0.1, 0.15) is 23.9 Å². The monoisotopic (exact) mass is 557 g/mol. The van der Waals surface area contributed by atoms with Crippen molar-refractivity contribution < 1.29 is 28.5 Å². The number of carbonyl (C=O) groups excluding carboxylic acids is 2. The first-order valence-corrected chi connectivity index (χ1v) is 13.6. The number of nitrogens with one attached hydrogen (secondary N) is 1. The van der Waals surface area contributed by atoms with E-state index in [2.05, 4.69) is 15.6 Å². The summed E-state index contributed by atoms with van der Waals surface area (Å²) >= 11 is 0. The van der Waals surface area contributed by atoms with Gasteiger partial charge in [0.2, 0.25) is 18.6 Å². The van der Waals surface area contributed by atoms with E-state index in [1.807, 2.05) is 54.6 Å². The largest absolute Gasteiger partial charge is 0.497 e. The van der Waals surface area contributed by atoms with E-state index in [1.54, 1.807) is 28.8 Å². The fraction of sp³-hybridized carbons (Fsp3) is 0.333. The van der Waals surface area contributed by atoms with Gasteiger partial charge < -0.3 is 29.2 Å². The van der Waals surface area contributed by atoms with Gasteiger partial charge in [0, 0.05) is 19.7 Å². The molecule has 2 amide bonds. The summed E-state index contributed by atoms with van der Waals surface area (Å²) in [5.41, 5.74) is 2.81. The Kier molecular flexibility index (Phi) is 7.68. The molecule has 2 aliphatic rings. The zero-order valence-electron chi connectivity index (χ0n) is 22.7. The molecule has 0 aliphatic carbocycles. The number of aromatic nitrogens is 3. The van der Waals surface area contributed by atoms with Crippen LogP contribution in [0.2, 0.25) is 0 Å². The number of benzene rings is 3. The molecule has 4 aromatic rings. The molecule has 0 saturated carbocycles. The van der Waals surface area contributed by atoms with Crippen molar-refractivity contribution in [1.29, 1.82) is 0 Å². The Bertz CT molecular complexity index is 1550. The van der Waals surface area contributed by atoms with Crippen molar-refractivity contribution in [2.45, 2.75) is 38.1 Å². The summed E-state index contributed by atoms with van der Waals surface area (Å²) in [4.78, 5) is 29.7. The Morgan fingerprint density at radius 1 is 1.10 bits per heavy atom. The van der Waals surface area contributed by atoms with E-state index >= 15 is 0 Å². The number of carbonyl (C=O) groups is 2. The summed E-state index contributed by atoms with van der Waals surface area (Å²) in [6, 6.07) is 19.2. The predicted molar refractivity (Wildman–Crippen MR) is 148 cm³/mol. The van der Waals surface area contributed by atoms with Gasteiger partial charge in [-0.15, -0.1) is 5.10 Å². The number of nitrogens with zero attached hydrogens (tertiary/aromatic N) is 4. The molecular weight excluding hydrogens is 526 g/mol. The molecule has 2 atom stereocenters. The number of amides is 2. The molecule has 0 spiro atoms. The second-order valence-electron chi connectivity index (χ2n) is 10.0. The average Bonchev–Trinajstić information content (AvgIpc) is 3.77. The highest BCUT2D eigenvalue weighted by Crippen LogP contribution is 2.34. The summed E-state index contributed by atoms with van der Waals surface area (Å²) in [5.74, 6) is 1.19. The number of methoxy groups -OCH3 is 1. The maximum atomic E-state index is 14.2. The van der Waals surface area contributed by atoms with Gasteiger partial charge in [0.25, 0.3) is 0 Å². The highest BCUT2D eigenvalue weighted by molar-refractivity contribution is 5.89. The molecule has 0 bridgehead atoms. The molecule has 6 rings (SSSR count). The van der Waals surface area contributed by atoms with Crippen LogP contribution in [0.5, 0.6) is 17.2 Å². The van der Waals surface area contributed by atoms with Gasteiger partial charge in [-0.05, 0) is 60.4 Å². The van der Waals surface area contributed by atoms with E-state index < -0.39 is 6.04 Å². The number of ether oxygens (including phenoxy) is 4. The standard InChI is InChI=1S/C30H31N5O6/c1-38-22-7-4-6-21(15-22)29(30(37)31-16-23-8-5-13-39-23)34(17-20-11-12-26-27(14-20)41-19-40-26)28(36)18-35-25-10-3-2-9-24(25)32-33-35/h2-4,6-7,9-12,14-15,23,29H,5,8,13,16-19H2,1H3,(H,31,37)/t23-,29+/m0/s1. The molecule has 0 radical (unpaired) electrons. The van der Waals surface area contributed by atoms with Crippen LogP contribution >= 0.6 is 0 Å². The van der Waals surface area contributed by atoms with Gasteiger partial charge in [0.05, 0.1) is 18.7 Å². The van der Waals surface area contributed by atoms with Gasteiger partial charge in [-0.2, -0.15) is 0 Å². The number of rotatable bonds is 10. The highest BCUT2D eigenvalue weighted by Gasteiger charge is 2.33. The van der Waals surface area contributed by atoms with E-state index in [9.17, 15) is 9.59 Å². The van der Waals surface area contributed by atoms with Crippen LogP contribution < -0.4 is 19.5 Å². The third kappa shape index (κ3) is 5.80. The summed E-state index contributed by atoms with van der Waals surface area (Å²) in [7, 11) is 1.57. The normalized spacial score (nSPS) is 16.5. The summed E-state index contributed by atoms with van der Waals surface area (Å²) < 4.78 is 23.8. The third-order valence-corrected chi connectivity index (χ3v) is 7.31. The molecule has 212 valence electrons. The van der Waals surface area contributed by atoms with E-state index in [0.29, 0.717) is 41.5 Å². The Hall–Kier alpha value is -4.64. The lowest BCUT2D eigenvalue weighted by Crippen LogP contribution is -2.46. The van der Waals surface area contributed by atoms with Crippen LogP contribution in [-0.4, -0.2) is 64.9 Å². The topological polar surface area (TPSA) is 117 Å². The molecule has 0 unspecified atom stereocenters.